The van der Waals surface area contributed by atoms with Crippen LogP contribution in [0.2, 0.25) is 0 Å². The summed E-state index contributed by atoms with van der Waals surface area (Å²) in [5, 5.41) is 1.48. The SMILES string of the molecule is CCOC(=O)CSP(=O)(c1ccccc1)c1ccccc1. The first-order valence-corrected chi connectivity index (χ1v) is 9.98. The van der Waals surface area contributed by atoms with Gasteiger partial charge in [-0.1, -0.05) is 72.0 Å². The Kier molecular flexibility index (Phi) is 5.66. The minimum atomic E-state index is -2.89. The van der Waals surface area contributed by atoms with Crippen molar-refractivity contribution in [3.05, 3.63) is 60.7 Å². The Morgan fingerprint density at radius 1 is 1.00 bits per heavy atom. The number of hydrogen-bond acceptors (Lipinski definition) is 4. The Labute approximate surface area is 128 Å². The highest BCUT2D eigenvalue weighted by Crippen LogP contribution is 2.56. The van der Waals surface area contributed by atoms with Crippen molar-refractivity contribution in [2.24, 2.45) is 0 Å². The summed E-state index contributed by atoms with van der Waals surface area (Å²) in [6, 6.07) is 18.6. The van der Waals surface area contributed by atoms with Gasteiger partial charge in [-0.05, 0) is 6.92 Å². The number of benzene rings is 2. The van der Waals surface area contributed by atoms with Crippen LogP contribution in [0, 0.1) is 0 Å². The van der Waals surface area contributed by atoms with Crippen molar-refractivity contribution in [1.82, 2.24) is 0 Å². The Morgan fingerprint density at radius 3 is 1.90 bits per heavy atom. The molecule has 0 fully saturated rings. The molecule has 0 unspecified atom stereocenters. The molecule has 110 valence electrons. The van der Waals surface area contributed by atoms with Gasteiger partial charge in [-0.25, -0.2) is 0 Å². The van der Waals surface area contributed by atoms with Gasteiger partial charge in [0.1, 0.15) is 0 Å². The first-order chi connectivity index (χ1) is 10.2. The third-order valence-electron chi connectivity index (χ3n) is 2.86. The summed E-state index contributed by atoms with van der Waals surface area (Å²) in [6.45, 7) is 2.09. The lowest BCUT2D eigenvalue weighted by Gasteiger charge is -2.18. The molecular formula is C16H17O3PS. The fourth-order valence-electron chi connectivity index (χ4n) is 1.89. The average molecular weight is 320 g/mol. The lowest BCUT2D eigenvalue weighted by Crippen LogP contribution is -2.15. The van der Waals surface area contributed by atoms with Gasteiger partial charge in [0.2, 0.25) is 0 Å². The third kappa shape index (κ3) is 3.99. The Balaban J connectivity index is 2.32. The van der Waals surface area contributed by atoms with Crippen LogP contribution in [-0.4, -0.2) is 18.3 Å². The maximum Gasteiger partial charge on any atom is 0.316 e. The number of rotatable bonds is 6. The van der Waals surface area contributed by atoms with E-state index in [1.165, 1.54) is 0 Å². The van der Waals surface area contributed by atoms with E-state index in [9.17, 15) is 9.36 Å². The second-order valence-corrected chi connectivity index (χ2v) is 9.30. The van der Waals surface area contributed by atoms with Gasteiger partial charge < -0.3 is 9.30 Å². The van der Waals surface area contributed by atoms with Crippen LogP contribution in [0.5, 0.6) is 0 Å². The molecule has 0 saturated heterocycles. The summed E-state index contributed by atoms with van der Waals surface area (Å²) in [7, 11) is 0. The summed E-state index contributed by atoms with van der Waals surface area (Å²) in [4.78, 5) is 11.6. The van der Waals surface area contributed by atoms with Crippen LogP contribution in [0.3, 0.4) is 0 Å². The van der Waals surface area contributed by atoms with Crippen molar-refractivity contribution >= 4 is 34.3 Å². The molecule has 0 N–H and O–H groups in total. The zero-order valence-corrected chi connectivity index (χ0v) is 13.5. The molecule has 0 aliphatic carbocycles. The molecule has 2 rings (SSSR count). The largest absolute Gasteiger partial charge is 0.465 e. The van der Waals surface area contributed by atoms with Crippen LogP contribution in [0.25, 0.3) is 0 Å². The lowest BCUT2D eigenvalue weighted by molar-refractivity contribution is -0.139. The van der Waals surface area contributed by atoms with Crippen LogP contribution in [0.15, 0.2) is 60.7 Å². The summed E-state index contributed by atoms with van der Waals surface area (Å²) < 4.78 is 18.4. The molecule has 3 nitrogen and oxygen atoms in total. The summed E-state index contributed by atoms with van der Waals surface area (Å²) in [5.74, 6) is -0.260. The molecule has 0 spiro atoms. The summed E-state index contributed by atoms with van der Waals surface area (Å²) in [5.41, 5.74) is 0. The maximum atomic E-state index is 13.5. The van der Waals surface area contributed by atoms with E-state index in [0.29, 0.717) is 6.61 Å². The Bertz CT molecular complexity index is 585. The fourth-order valence-corrected chi connectivity index (χ4v) is 6.48. The number of carbonyl (C=O) groups excluding carboxylic acids is 1. The first-order valence-electron chi connectivity index (χ1n) is 6.68. The molecule has 0 heterocycles. The molecule has 0 aromatic heterocycles. The van der Waals surface area contributed by atoms with E-state index in [1.807, 2.05) is 60.7 Å². The zero-order chi connectivity index (χ0) is 15.1. The topological polar surface area (TPSA) is 43.4 Å². The second-order valence-electron chi connectivity index (χ2n) is 4.30. The molecule has 21 heavy (non-hydrogen) atoms. The quantitative estimate of drug-likeness (QED) is 0.605. The van der Waals surface area contributed by atoms with Crippen LogP contribution >= 0.6 is 17.7 Å². The predicted molar refractivity (Wildman–Crippen MR) is 88.8 cm³/mol. The monoisotopic (exact) mass is 320 g/mol. The van der Waals surface area contributed by atoms with Crippen molar-refractivity contribution < 1.29 is 14.1 Å². The summed E-state index contributed by atoms with van der Waals surface area (Å²) in [6.07, 6.45) is -2.89. The van der Waals surface area contributed by atoms with Gasteiger partial charge in [-0.2, -0.15) is 0 Å². The van der Waals surface area contributed by atoms with Gasteiger partial charge in [-0.15, -0.1) is 0 Å². The molecule has 0 radical (unpaired) electrons. The highest BCUT2D eigenvalue weighted by Gasteiger charge is 2.28. The lowest BCUT2D eigenvalue weighted by atomic mass is 10.4. The number of carbonyl (C=O) groups is 1. The number of ether oxygens (including phenoxy) is 1. The van der Waals surface area contributed by atoms with Crippen LogP contribution in [0.1, 0.15) is 6.92 Å². The van der Waals surface area contributed by atoms with E-state index in [0.717, 1.165) is 22.0 Å². The van der Waals surface area contributed by atoms with Gasteiger partial charge >= 0.3 is 5.97 Å². The fraction of sp³-hybridized carbons (Fsp3) is 0.188. The van der Waals surface area contributed by atoms with Crippen LogP contribution < -0.4 is 10.6 Å². The minimum absolute atomic E-state index is 0.0783. The average Bonchev–Trinajstić information content (AvgIpc) is 2.54. The number of hydrogen-bond donors (Lipinski definition) is 0. The molecule has 5 heteroatoms. The molecular weight excluding hydrogens is 303 g/mol. The Hall–Kier alpha value is -1.51. The Morgan fingerprint density at radius 2 is 1.48 bits per heavy atom. The van der Waals surface area contributed by atoms with Crippen LogP contribution in [0.4, 0.5) is 0 Å². The van der Waals surface area contributed by atoms with Crippen molar-refractivity contribution in [2.45, 2.75) is 6.92 Å². The van der Waals surface area contributed by atoms with Gasteiger partial charge in [0, 0.05) is 10.6 Å². The van der Waals surface area contributed by atoms with Crippen molar-refractivity contribution in [1.29, 1.82) is 0 Å². The molecule has 0 aliphatic heterocycles. The smallest absolute Gasteiger partial charge is 0.316 e. The molecule has 0 bridgehead atoms. The van der Waals surface area contributed by atoms with E-state index >= 15 is 0 Å². The minimum Gasteiger partial charge on any atom is -0.465 e. The summed E-state index contributed by atoms with van der Waals surface area (Å²) >= 11 is 1.16. The molecule has 0 atom stereocenters. The van der Waals surface area contributed by atoms with E-state index in [-0.39, 0.29) is 11.7 Å². The normalized spacial score (nSPS) is 11.1. The molecule has 0 amide bonds. The van der Waals surface area contributed by atoms with E-state index in [1.54, 1.807) is 6.92 Å². The van der Waals surface area contributed by atoms with Crippen LogP contribution in [-0.2, 0) is 14.1 Å². The highest BCUT2D eigenvalue weighted by molar-refractivity contribution is 8.62. The molecule has 2 aromatic rings. The molecule has 0 aliphatic rings. The second kappa shape index (κ2) is 7.48. The highest BCUT2D eigenvalue weighted by atomic mass is 32.7. The van der Waals surface area contributed by atoms with E-state index < -0.39 is 6.34 Å². The molecule has 0 saturated carbocycles. The van der Waals surface area contributed by atoms with E-state index in [2.05, 4.69) is 0 Å². The van der Waals surface area contributed by atoms with Crippen molar-refractivity contribution in [3.8, 4) is 0 Å². The van der Waals surface area contributed by atoms with E-state index in [4.69, 9.17) is 4.74 Å². The maximum absolute atomic E-state index is 13.5. The van der Waals surface area contributed by atoms with Gasteiger partial charge in [0.15, 0.2) is 6.34 Å². The van der Waals surface area contributed by atoms with Gasteiger partial charge in [0.25, 0.3) is 0 Å². The zero-order valence-electron chi connectivity index (χ0n) is 11.8. The van der Waals surface area contributed by atoms with Gasteiger partial charge in [0.05, 0.1) is 12.4 Å². The standard InChI is InChI=1S/C16H17O3PS/c1-2-19-16(17)13-21-20(18,14-9-5-3-6-10-14)15-11-7-4-8-12-15/h3-12H,2,13H2,1H3. The third-order valence-corrected chi connectivity index (χ3v) is 8.29. The molecule has 2 aromatic carbocycles. The van der Waals surface area contributed by atoms with Crippen molar-refractivity contribution in [2.75, 3.05) is 12.4 Å². The van der Waals surface area contributed by atoms with Crippen molar-refractivity contribution in [3.63, 3.8) is 0 Å². The van der Waals surface area contributed by atoms with Gasteiger partial charge in [-0.3, -0.25) is 4.79 Å². The first kappa shape index (κ1) is 15.9. The number of esters is 1. The predicted octanol–water partition coefficient (Wildman–Crippen LogP) is 3.21.